The quantitative estimate of drug-likeness (QED) is 0.844. The average Bonchev–Trinajstić information content (AvgIpc) is 2.78. The van der Waals surface area contributed by atoms with E-state index in [1.165, 1.54) is 4.90 Å². The van der Waals surface area contributed by atoms with Crippen LogP contribution in [-0.4, -0.2) is 56.7 Å². The van der Waals surface area contributed by atoms with Crippen molar-refractivity contribution in [2.45, 2.75) is 13.0 Å². The lowest BCUT2D eigenvalue weighted by molar-refractivity contribution is -0.129. The zero-order valence-electron chi connectivity index (χ0n) is 16.6. The third-order valence-corrected chi connectivity index (χ3v) is 5.46. The molecule has 2 saturated heterocycles. The van der Waals surface area contributed by atoms with Gasteiger partial charge in [-0.2, -0.15) is 0 Å². The molecule has 3 amide bonds. The molecule has 2 aromatic carbocycles. The molecule has 2 aliphatic rings. The monoisotopic (exact) mass is 394 g/mol. The summed E-state index contributed by atoms with van der Waals surface area (Å²) < 4.78 is 5.17. The van der Waals surface area contributed by atoms with E-state index in [2.05, 4.69) is 22.3 Å². The van der Waals surface area contributed by atoms with Crippen LogP contribution in [0.5, 0.6) is 5.75 Å². The van der Waals surface area contributed by atoms with Gasteiger partial charge in [-0.1, -0.05) is 12.1 Å². The molecule has 0 aromatic heterocycles. The van der Waals surface area contributed by atoms with Gasteiger partial charge in [-0.05, 0) is 42.0 Å². The predicted molar refractivity (Wildman–Crippen MR) is 112 cm³/mol. The predicted octanol–water partition coefficient (Wildman–Crippen LogP) is 2.46. The molecule has 0 spiro atoms. The molecule has 0 atom stereocenters. The highest BCUT2D eigenvalue weighted by atomic mass is 16.5. The van der Waals surface area contributed by atoms with E-state index in [9.17, 15) is 9.59 Å². The normalized spacial score (nSPS) is 17.6. The summed E-state index contributed by atoms with van der Waals surface area (Å²) in [5, 5.41) is 3.35. The maximum absolute atomic E-state index is 13.0. The highest BCUT2D eigenvalue weighted by molar-refractivity contribution is 6.05. The summed E-state index contributed by atoms with van der Waals surface area (Å²) in [6.07, 6.45) is 0.321. The molecule has 29 heavy (non-hydrogen) atoms. The van der Waals surface area contributed by atoms with Crippen LogP contribution in [0.25, 0.3) is 0 Å². The van der Waals surface area contributed by atoms with Crippen molar-refractivity contribution in [1.29, 1.82) is 0 Å². The van der Waals surface area contributed by atoms with Crippen LogP contribution in [0.4, 0.5) is 16.2 Å². The SMILES string of the molecule is COc1ccc(CN2C(=O)CCN(c3ccc(N4CCNCC4)cc3)C2=O)cc1. The topological polar surface area (TPSA) is 65.1 Å². The van der Waals surface area contributed by atoms with Gasteiger partial charge in [-0.25, -0.2) is 4.79 Å². The van der Waals surface area contributed by atoms with Crippen LogP contribution in [0, 0.1) is 0 Å². The smallest absolute Gasteiger partial charge is 0.331 e. The molecule has 0 radical (unpaired) electrons. The number of carbonyl (C=O) groups excluding carboxylic acids is 2. The zero-order valence-corrected chi connectivity index (χ0v) is 16.6. The number of ether oxygens (including phenoxy) is 1. The van der Waals surface area contributed by atoms with Crippen molar-refractivity contribution < 1.29 is 14.3 Å². The van der Waals surface area contributed by atoms with Gasteiger partial charge in [0.05, 0.1) is 13.7 Å². The molecule has 0 unspecified atom stereocenters. The molecule has 2 fully saturated rings. The number of imide groups is 1. The van der Waals surface area contributed by atoms with E-state index < -0.39 is 0 Å². The lowest BCUT2D eigenvalue weighted by Gasteiger charge is -2.35. The molecule has 0 aliphatic carbocycles. The van der Waals surface area contributed by atoms with Gasteiger partial charge in [0.15, 0.2) is 0 Å². The first-order valence-corrected chi connectivity index (χ1v) is 9.96. The van der Waals surface area contributed by atoms with Gasteiger partial charge in [-0.15, -0.1) is 0 Å². The van der Waals surface area contributed by atoms with E-state index in [4.69, 9.17) is 4.74 Å². The maximum Gasteiger partial charge on any atom is 0.331 e. The number of methoxy groups -OCH3 is 1. The number of amides is 3. The van der Waals surface area contributed by atoms with Crippen LogP contribution in [0.15, 0.2) is 48.5 Å². The fourth-order valence-electron chi connectivity index (χ4n) is 3.77. The number of urea groups is 1. The van der Waals surface area contributed by atoms with Crippen LogP contribution < -0.4 is 19.9 Å². The molecule has 2 aromatic rings. The third-order valence-electron chi connectivity index (χ3n) is 5.46. The van der Waals surface area contributed by atoms with E-state index in [-0.39, 0.29) is 18.5 Å². The minimum atomic E-state index is -0.271. The van der Waals surface area contributed by atoms with Crippen LogP contribution in [-0.2, 0) is 11.3 Å². The largest absolute Gasteiger partial charge is 0.497 e. The van der Waals surface area contributed by atoms with Gasteiger partial charge >= 0.3 is 6.03 Å². The van der Waals surface area contributed by atoms with Crippen LogP contribution >= 0.6 is 0 Å². The summed E-state index contributed by atoms with van der Waals surface area (Å²) in [5.74, 6) is 0.607. The number of carbonyl (C=O) groups is 2. The Morgan fingerprint density at radius 1 is 0.897 bits per heavy atom. The van der Waals surface area contributed by atoms with E-state index in [1.54, 1.807) is 12.0 Å². The van der Waals surface area contributed by atoms with Crippen molar-refractivity contribution in [2.24, 2.45) is 0 Å². The van der Waals surface area contributed by atoms with Crippen molar-refractivity contribution in [1.82, 2.24) is 10.2 Å². The summed E-state index contributed by atoms with van der Waals surface area (Å²) in [7, 11) is 1.61. The Kier molecular flexibility index (Phi) is 5.67. The fraction of sp³-hybridized carbons (Fsp3) is 0.364. The minimum Gasteiger partial charge on any atom is -0.497 e. The number of piperazine rings is 1. The van der Waals surface area contributed by atoms with E-state index in [1.807, 2.05) is 36.4 Å². The molecular weight excluding hydrogens is 368 g/mol. The highest BCUT2D eigenvalue weighted by Crippen LogP contribution is 2.25. The Labute approximate surface area is 170 Å². The number of nitrogens with zero attached hydrogens (tertiary/aromatic N) is 3. The van der Waals surface area contributed by atoms with Gasteiger partial charge in [0.1, 0.15) is 5.75 Å². The first-order chi connectivity index (χ1) is 14.2. The number of hydrogen-bond acceptors (Lipinski definition) is 5. The standard InChI is InChI=1S/C22H26N4O3/c1-29-20-8-2-17(3-9-20)16-26-21(27)10-13-25(22(26)28)19-6-4-18(5-7-19)24-14-11-23-12-15-24/h2-9,23H,10-16H2,1H3. The zero-order chi connectivity index (χ0) is 20.2. The Hall–Kier alpha value is -3.06. The third kappa shape index (κ3) is 4.19. The van der Waals surface area contributed by atoms with E-state index in [0.717, 1.165) is 48.9 Å². The molecule has 7 nitrogen and oxygen atoms in total. The number of nitrogens with one attached hydrogen (secondary N) is 1. The summed E-state index contributed by atoms with van der Waals surface area (Å²) >= 11 is 0. The Bertz CT molecular complexity index is 861. The molecule has 0 bridgehead atoms. The van der Waals surface area contributed by atoms with Crippen molar-refractivity contribution >= 4 is 23.3 Å². The molecule has 4 rings (SSSR count). The average molecular weight is 394 g/mol. The van der Waals surface area contributed by atoms with Crippen LogP contribution in [0.1, 0.15) is 12.0 Å². The maximum atomic E-state index is 13.0. The second-order valence-electron chi connectivity index (χ2n) is 7.27. The summed E-state index contributed by atoms with van der Waals surface area (Å²) in [6, 6.07) is 15.2. The van der Waals surface area contributed by atoms with Gasteiger partial charge in [-0.3, -0.25) is 14.6 Å². The van der Waals surface area contributed by atoms with Crippen LogP contribution in [0.3, 0.4) is 0 Å². The lowest BCUT2D eigenvalue weighted by atomic mass is 10.1. The molecule has 152 valence electrons. The fourth-order valence-corrected chi connectivity index (χ4v) is 3.77. The summed E-state index contributed by atoms with van der Waals surface area (Å²) in [5.41, 5.74) is 2.87. The molecular formula is C22H26N4O3. The van der Waals surface area contributed by atoms with Crippen molar-refractivity contribution in [3.63, 3.8) is 0 Å². The first-order valence-electron chi connectivity index (χ1n) is 9.96. The second kappa shape index (κ2) is 8.53. The summed E-state index contributed by atoms with van der Waals surface area (Å²) in [4.78, 5) is 30.8. The first kappa shape index (κ1) is 19.3. The van der Waals surface area contributed by atoms with Crippen molar-refractivity contribution in [3.05, 3.63) is 54.1 Å². The molecule has 1 N–H and O–H groups in total. The molecule has 2 aliphatic heterocycles. The van der Waals surface area contributed by atoms with Gasteiger partial charge in [0, 0.05) is 50.5 Å². The van der Waals surface area contributed by atoms with Gasteiger partial charge in [0.25, 0.3) is 0 Å². The number of rotatable bonds is 5. The van der Waals surface area contributed by atoms with E-state index in [0.29, 0.717) is 13.0 Å². The van der Waals surface area contributed by atoms with Gasteiger partial charge < -0.3 is 15.0 Å². The number of benzene rings is 2. The van der Waals surface area contributed by atoms with Crippen molar-refractivity contribution in [2.75, 3.05) is 49.6 Å². The molecule has 7 heteroatoms. The minimum absolute atomic E-state index is 0.139. The van der Waals surface area contributed by atoms with Crippen LogP contribution in [0.2, 0.25) is 0 Å². The number of anilines is 2. The molecule has 0 saturated carbocycles. The Morgan fingerprint density at radius 3 is 2.21 bits per heavy atom. The summed E-state index contributed by atoms with van der Waals surface area (Å²) in [6.45, 7) is 4.59. The second-order valence-corrected chi connectivity index (χ2v) is 7.27. The highest BCUT2D eigenvalue weighted by Gasteiger charge is 2.32. The van der Waals surface area contributed by atoms with E-state index >= 15 is 0 Å². The Morgan fingerprint density at radius 2 is 1.55 bits per heavy atom. The Balaban J connectivity index is 1.47. The van der Waals surface area contributed by atoms with Crippen molar-refractivity contribution in [3.8, 4) is 5.75 Å². The molecule has 2 heterocycles. The lowest BCUT2D eigenvalue weighted by Crippen LogP contribution is -2.52. The van der Waals surface area contributed by atoms with Gasteiger partial charge in [0.2, 0.25) is 5.91 Å². The number of hydrogen-bond donors (Lipinski definition) is 1.